The van der Waals surface area contributed by atoms with Crippen molar-refractivity contribution in [1.29, 1.82) is 0 Å². The number of esters is 1. The summed E-state index contributed by atoms with van der Waals surface area (Å²) in [5, 5.41) is 13.8. The Bertz CT molecular complexity index is 1510. The molecule has 2 aromatic carbocycles. The highest BCUT2D eigenvalue weighted by Crippen LogP contribution is 2.60. The number of rotatable bonds is 14. The molecule has 12 heteroatoms. The smallest absolute Gasteiger partial charge is 0.306 e. The van der Waals surface area contributed by atoms with Crippen molar-refractivity contribution in [3.8, 4) is 0 Å². The lowest BCUT2D eigenvalue weighted by molar-refractivity contribution is -0.146. The maximum atomic E-state index is 14.6. The number of halogens is 2. The van der Waals surface area contributed by atoms with E-state index in [0.29, 0.717) is 23.6 Å². The van der Waals surface area contributed by atoms with E-state index in [-0.39, 0.29) is 24.4 Å². The molecule has 8 atom stereocenters. The van der Waals surface area contributed by atoms with Gasteiger partial charge in [0.05, 0.1) is 36.6 Å². The van der Waals surface area contributed by atoms with Crippen LogP contribution >= 0.6 is 27.5 Å². The summed E-state index contributed by atoms with van der Waals surface area (Å²) in [6.07, 6.45) is 3.43. The minimum Gasteiger partial charge on any atom is -0.463 e. The van der Waals surface area contributed by atoms with Gasteiger partial charge in [-0.15, -0.1) is 13.2 Å². The molecule has 3 fully saturated rings. The van der Waals surface area contributed by atoms with Gasteiger partial charge in [-0.25, -0.2) is 0 Å². The van der Waals surface area contributed by atoms with Crippen LogP contribution in [0.15, 0.2) is 79.9 Å². The number of allylic oxidation sites excluding steroid dienone is 1. The van der Waals surface area contributed by atoms with Crippen LogP contribution < -0.4 is 10.2 Å². The minimum atomic E-state index is -1.34. The Morgan fingerprint density at radius 3 is 2.53 bits per heavy atom. The van der Waals surface area contributed by atoms with E-state index in [1.165, 1.54) is 9.80 Å². The second-order valence-corrected chi connectivity index (χ2v) is 13.7. The fourth-order valence-electron chi connectivity index (χ4n) is 7.07. The Balaban J connectivity index is 1.49. The van der Waals surface area contributed by atoms with Crippen molar-refractivity contribution < 1.29 is 33.8 Å². The molecule has 2 bridgehead atoms. The zero-order valence-corrected chi connectivity index (χ0v) is 28.4. The first-order valence-electron chi connectivity index (χ1n) is 15.6. The third-order valence-corrected chi connectivity index (χ3v) is 10.3. The normalized spacial score (nSPS) is 27.1. The lowest BCUT2D eigenvalue weighted by Gasteiger charge is -2.38. The molecule has 0 aromatic heterocycles. The Hall–Kier alpha value is -3.51. The van der Waals surface area contributed by atoms with Crippen LogP contribution in [-0.2, 0) is 28.7 Å². The predicted octanol–water partition coefficient (Wildman–Crippen LogP) is 4.35. The van der Waals surface area contributed by atoms with Crippen LogP contribution in [0.4, 0.5) is 5.69 Å². The molecule has 3 aliphatic heterocycles. The molecule has 3 saturated heterocycles. The van der Waals surface area contributed by atoms with Gasteiger partial charge in [0.2, 0.25) is 11.8 Å². The van der Waals surface area contributed by atoms with E-state index in [1.54, 1.807) is 43.3 Å². The van der Waals surface area contributed by atoms with Crippen LogP contribution in [0.3, 0.4) is 0 Å². The van der Waals surface area contributed by atoms with Crippen LogP contribution in [0.2, 0.25) is 5.02 Å². The summed E-state index contributed by atoms with van der Waals surface area (Å²) in [4.78, 5) is 58.2. The Labute approximate surface area is 287 Å². The van der Waals surface area contributed by atoms with Gasteiger partial charge >= 0.3 is 5.97 Å². The molecule has 3 heterocycles. The van der Waals surface area contributed by atoms with E-state index in [2.05, 4.69) is 34.4 Å². The minimum absolute atomic E-state index is 0.113. The molecule has 2 N–H and O–H groups in total. The lowest BCUT2D eigenvalue weighted by Crippen LogP contribution is -2.59. The number of anilines is 1. The maximum absolute atomic E-state index is 14.6. The summed E-state index contributed by atoms with van der Waals surface area (Å²) in [6, 6.07) is 13.3. The van der Waals surface area contributed by atoms with Crippen LogP contribution in [0.25, 0.3) is 0 Å². The number of amides is 3. The number of carbonyl (C=O) groups excluding carboxylic acids is 4. The zero-order valence-electron chi connectivity index (χ0n) is 26.1. The third kappa shape index (κ3) is 6.63. The molecule has 0 saturated carbocycles. The number of hydrogen-bond acceptors (Lipinski definition) is 7. The summed E-state index contributed by atoms with van der Waals surface area (Å²) in [7, 11) is 0. The summed E-state index contributed by atoms with van der Waals surface area (Å²) in [5.41, 5.74) is -0.0753. The molecule has 1 unspecified atom stereocenters. The van der Waals surface area contributed by atoms with Crippen molar-refractivity contribution in [3.63, 3.8) is 0 Å². The maximum Gasteiger partial charge on any atom is 0.306 e. The van der Waals surface area contributed by atoms with Crippen LogP contribution in [0, 0.1) is 11.8 Å². The summed E-state index contributed by atoms with van der Waals surface area (Å²) < 4.78 is 12.1. The van der Waals surface area contributed by atoms with Gasteiger partial charge < -0.3 is 29.7 Å². The number of benzene rings is 2. The number of hydrogen-bond donors (Lipinski definition) is 2. The Morgan fingerprint density at radius 1 is 1.19 bits per heavy atom. The van der Waals surface area contributed by atoms with Gasteiger partial charge in [-0.1, -0.05) is 70.0 Å². The third-order valence-electron chi connectivity index (χ3n) is 9.20. The standard InChI is InChI=1S/C35H39BrClN3O7/c1-4-6-12-27(42)46-20-26(22-10-8-7-9-11-22)38-32(43)28-29-33(44)40(21(3)19-41)31(35(29)18-25(36)30(28)47-35)34(45)39(17-5-2)24-15-13-23(37)14-16-24/h4-5,7-11,13-16,21,25-26,28-31,41H,1-2,6,12,17-20H2,3H3,(H,38,43)/t21-,25?,26+,28-,29+,30-,31-,35+/m1/s1. The van der Waals surface area contributed by atoms with Gasteiger partial charge in [0.15, 0.2) is 0 Å². The topological polar surface area (TPSA) is 125 Å². The molecular formula is C35H39BrClN3O7. The van der Waals surface area contributed by atoms with Gasteiger partial charge in [-0.05, 0) is 49.6 Å². The first-order chi connectivity index (χ1) is 22.6. The first-order valence-corrected chi connectivity index (χ1v) is 16.9. The second-order valence-electron chi connectivity index (χ2n) is 12.1. The molecule has 5 rings (SSSR count). The summed E-state index contributed by atoms with van der Waals surface area (Å²) in [6.45, 7) is 8.75. The fraction of sp³-hybridized carbons (Fsp3) is 0.429. The van der Waals surface area contributed by atoms with Gasteiger partial charge in [0, 0.05) is 28.5 Å². The number of aliphatic hydroxyl groups is 1. The van der Waals surface area contributed by atoms with Gasteiger partial charge in [-0.2, -0.15) is 0 Å². The lowest BCUT2D eigenvalue weighted by atomic mass is 9.70. The van der Waals surface area contributed by atoms with Crippen molar-refractivity contribution in [2.75, 3.05) is 24.7 Å². The highest BCUT2D eigenvalue weighted by molar-refractivity contribution is 9.09. The first kappa shape index (κ1) is 34.8. The number of nitrogens with one attached hydrogen (secondary N) is 1. The van der Waals surface area contributed by atoms with Crippen LogP contribution in [-0.4, -0.2) is 82.1 Å². The number of ether oxygens (including phenoxy) is 2. The Kier molecular flexibility index (Phi) is 10.9. The highest BCUT2D eigenvalue weighted by atomic mass is 79.9. The number of carbonyl (C=O) groups is 4. The molecule has 1 spiro atoms. The number of fused-ring (bicyclic) bond motifs is 1. The number of nitrogens with zero attached hydrogens (tertiary/aromatic N) is 2. The van der Waals surface area contributed by atoms with Crippen LogP contribution in [0.1, 0.15) is 37.8 Å². The molecule has 3 aliphatic rings. The largest absolute Gasteiger partial charge is 0.463 e. The fourth-order valence-corrected chi connectivity index (χ4v) is 8.14. The van der Waals surface area contributed by atoms with Gasteiger partial charge in [0.25, 0.3) is 5.91 Å². The average Bonchev–Trinajstić information content (AvgIpc) is 3.67. The zero-order chi connectivity index (χ0) is 33.9. The molecule has 0 aliphatic carbocycles. The van der Waals surface area contributed by atoms with E-state index >= 15 is 0 Å². The van der Waals surface area contributed by atoms with Crippen molar-refractivity contribution in [2.45, 2.75) is 60.8 Å². The van der Waals surface area contributed by atoms with Crippen molar-refractivity contribution in [3.05, 3.63) is 90.5 Å². The second kappa shape index (κ2) is 14.7. The SMILES string of the molecule is C=CCCC(=O)OC[C@H](NC(=O)[C@H]1[C@@H]2O[C@@]3(CC2Br)[C@@H]1C(=O)N([C@H](C)CO)[C@@H]3C(=O)N(CC=C)c1ccc(Cl)cc1)c1ccccc1. The van der Waals surface area contributed by atoms with Crippen molar-refractivity contribution in [1.82, 2.24) is 10.2 Å². The van der Waals surface area contributed by atoms with E-state index in [0.717, 1.165) is 5.56 Å². The average molecular weight is 729 g/mol. The van der Waals surface area contributed by atoms with Gasteiger partial charge in [0.1, 0.15) is 18.2 Å². The van der Waals surface area contributed by atoms with E-state index in [9.17, 15) is 24.3 Å². The van der Waals surface area contributed by atoms with Crippen molar-refractivity contribution >= 4 is 56.9 Å². The summed E-state index contributed by atoms with van der Waals surface area (Å²) in [5.74, 6) is -3.69. The molecule has 10 nitrogen and oxygen atoms in total. The van der Waals surface area contributed by atoms with Crippen LogP contribution in [0.5, 0.6) is 0 Å². The van der Waals surface area contributed by atoms with Gasteiger partial charge in [-0.3, -0.25) is 19.2 Å². The monoisotopic (exact) mass is 727 g/mol. The van der Waals surface area contributed by atoms with Crippen molar-refractivity contribution in [2.24, 2.45) is 11.8 Å². The van der Waals surface area contributed by atoms with E-state index < -0.39 is 72.0 Å². The quantitative estimate of drug-likeness (QED) is 0.168. The molecule has 47 heavy (non-hydrogen) atoms. The molecule has 250 valence electrons. The predicted molar refractivity (Wildman–Crippen MR) is 181 cm³/mol. The number of likely N-dealkylation sites (tertiary alicyclic amines) is 1. The molecule has 2 aromatic rings. The summed E-state index contributed by atoms with van der Waals surface area (Å²) >= 11 is 9.82. The highest BCUT2D eigenvalue weighted by Gasteiger charge is 2.77. The molecular weight excluding hydrogens is 690 g/mol. The molecule has 3 amide bonds. The van der Waals surface area contributed by atoms with E-state index in [1.807, 2.05) is 30.3 Å². The molecule has 0 radical (unpaired) electrons. The Morgan fingerprint density at radius 2 is 1.89 bits per heavy atom. The number of alkyl halides is 1. The van der Waals surface area contributed by atoms with E-state index in [4.69, 9.17) is 21.1 Å². The number of aliphatic hydroxyl groups excluding tert-OH is 1.